The molecular weight excluding hydrogens is 366 g/mol. The fourth-order valence-corrected chi connectivity index (χ4v) is 3.19. The highest BCUT2D eigenvalue weighted by atomic mass is 79.9. The smallest absolute Gasteiger partial charge is 0.260 e. The molecule has 1 amide bonds. The van der Waals surface area contributed by atoms with Gasteiger partial charge in [-0.05, 0) is 54.4 Å². The van der Waals surface area contributed by atoms with Gasteiger partial charge in [-0.15, -0.1) is 0 Å². The number of nitrogens with one attached hydrogen (secondary N) is 1. The maximum absolute atomic E-state index is 13.0. The molecule has 122 valence electrons. The topological polar surface area (TPSA) is 38.3 Å². The first-order chi connectivity index (χ1) is 11.6. The Morgan fingerprint density at radius 3 is 2.67 bits per heavy atom. The molecule has 0 aliphatic carbocycles. The molecule has 0 aliphatic heterocycles. The van der Waals surface area contributed by atoms with E-state index in [1.807, 2.05) is 68.4 Å². The van der Waals surface area contributed by atoms with Crippen LogP contribution >= 0.6 is 15.9 Å². The predicted octanol–water partition coefficient (Wildman–Crippen LogP) is 5.56. The van der Waals surface area contributed by atoms with Gasteiger partial charge < -0.3 is 10.1 Å². The van der Waals surface area contributed by atoms with Gasteiger partial charge in [0.05, 0.1) is 12.2 Å². The van der Waals surface area contributed by atoms with Crippen molar-refractivity contribution in [2.45, 2.75) is 13.8 Å². The summed E-state index contributed by atoms with van der Waals surface area (Å²) in [6, 6.07) is 17.4. The molecule has 24 heavy (non-hydrogen) atoms. The van der Waals surface area contributed by atoms with Crippen molar-refractivity contribution < 1.29 is 9.53 Å². The first-order valence-electron chi connectivity index (χ1n) is 7.82. The van der Waals surface area contributed by atoms with Gasteiger partial charge in [-0.3, -0.25) is 4.79 Å². The Hall–Kier alpha value is -2.33. The first kappa shape index (κ1) is 16.5. The average Bonchev–Trinajstić information content (AvgIpc) is 2.57. The second-order valence-corrected chi connectivity index (χ2v) is 6.42. The molecular formula is C20H18BrNO2. The van der Waals surface area contributed by atoms with Crippen LogP contribution in [0.4, 0.5) is 5.69 Å². The van der Waals surface area contributed by atoms with Crippen molar-refractivity contribution in [2.75, 3.05) is 11.9 Å². The molecule has 0 aromatic heterocycles. The monoisotopic (exact) mass is 383 g/mol. The summed E-state index contributed by atoms with van der Waals surface area (Å²) in [6.45, 7) is 4.39. The lowest BCUT2D eigenvalue weighted by Gasteiger charge is -2.14. The van der Waals surface area contributed by atoms with E-state index in [4.69, 9.17) is 4.74 Å². The lowest BCUT2D eigenvalue weighted by Crippen LogP contribution is -2.15. The highest BCUT2D eigenvalue weighted by Gasteiger charge is 2.17. The summed E-state index contributed by atoms with van der Waals surface area (Å²) in [5, 5.41) is 4.90. The van der Waals surface area contributed by atoms with Gasteiger partial charge in [-0.2, -0.15) is 0 Å². The fourth-order valence-electron chi connectivity index (χ4n) is 2.71. The van der Waals surface area contributed by atoms with E-state index in [0.717, 1.165) is 26.5 Å². The van der Waals surface area contributed by atoms with Crippen molar-refractivity contribution in [1.82, 2.24) is 0 Å². The van der Waals surface area contributed by atoms with Crippen molar-refractivity contribution >= 4 is 38.3 Å². The van der Waals surface area contributed by atoms with E-state index in [1.165, 1.54) is 0 Å². The Labute approximate surface area is 149 Å². The summed E-state index contributed by atoms with van der Waals surface area (Å²) in [7, 11) is 0. The molecule has 3 aromatic rings. The quantitative estimate of drug-likeness (QED) is 0.640. The molecule has 4 heteroatoms. The average molecular weight is 384 g/mol. The third kappa shape index (κ3) is 3.29. The number of carbonyl (C=O) groups excluding carboxylic acids is 1. The van der Waals surface area contributed by atoms with Gasteiger partial charge in [0.1, 0.15) is 5.75 Å². The third-order valence-corrected chi connectivity index (χ3v) is 4.35. The second-order valence-electron chi connectivity index (χ2n) is 5.51. The minimum absolute atomic E-state index is 0.166. The van der Waals surface area contributed by atoms with Crippen LogP contribution in [0.25, 0.3) is 10.8 Å². The Morgan fingerprint density at radius 1 is 1.12 bits per heavy atom. The number of fused-ring (bicyclic) bond motifs is 1. The molecule has 3 aromatic carbocycles. The van der Waals surface area contributed by atoms with Gasteiger partial charge >= 0.3 is 0 Å². The van der Waals surface area contributed by atoms with E-state index in [9.17, 15) is 4.79 Å². The summed E-state index contributed by atoms with van der Waals surface area (Å²) in [5.74, 6) is 0.434. The molecule has 3 nitrogen and oxygen atoms in total. The summed E-state index contributed by atoms with van der Waals surface area (Å²) < 4.78 is 6.67. The SMILES string of the molecule is CCOc1ccc2ccccc2c1C(=O)Nc1ccc(Br)cc1C. The molecule has 0 bridgehead atoms. The third-order valence-electron chi connectivity index (χ3n) is 3.85. The van der Waals surface area contributed by atoms with Crippen LogP contribution in [-0.2, 0) is 0 Å². The fraction of sp³-hybridized carbons (Fsp3) is 0.150. The highest BCUT2D eigenvalue weighted by molar-refractivity contribution is 9.10. The molecule has 3 rings (SSSR count). The van der Waals surface area contributed by atoms with E-state index in [0.29, 0.717) is 17.9 Å². The number of halogens is 1. The van der Waals surface area contributed by atoms with Crippen LogP contribution in [0.2, 0.25) is 0 Å². The zero-order valence-corrected chi connectivity index (χ0v) is 15.2. The Balaban J connectivity index is 2.06. The number of ether oxygens (including phenoxy) is 1. The molecule has 0 atom stereocenters. The normalized spacial score (nSPS) is 10.6. The van der Waals surface area contributed by atoms with E-state index >= 15 is 0 Å². The van der Waals surface area contributed by atoms with Gasteiger partial charge in [-0.1, -0.05) is 46.3 Å². The molecule has 0 aliphatic rings. The number of carbonyl (C=O) groups is 1. The van der Waals surface area contributed by atoms with Crippen molar-refractivity contribution in [2.24, 2.45) is 0 Å². The standard InChI is InChI=1S/C20H18BrNO2/c1-3-24-18-11-8-14-6-4-5-7-16(14)19(18)20(23)22-17-10-9-15(21)12-13(17)2/h4-12H,3H2,1-2H3,(H,22,23). The lowest BCUT2D eigenvalue weighted by molar-refractivity contribution is 0.102. The number of anilines is 1. The Bertz CT molecular complexity index is 905. The van der Waals surface area contributed by atoms with Crippen LogP contribution in [0.5, 0.6) is 5.75 Å². The van der Waals surface area contributed by atoms with E-state index in [2.05, 4.69) is 21.2 Å². The minimum Gasteiger partial charge on any atom is -0.493 e. The van der Waals surface area contributed by atoms with Crippen LogP contribution in [0, 0.1) is 6.92 Å². The summed E-state index contributed by atoms with van der Waals surface area (Å²) in [5.41, 5.74) is 2.35. The van der Waals surface area contributed by atoms with Gasteiger partial charge in [-0.25, -0.2) is 0 Å². The zero-order chi connectivity index (χ0) is 17.1. The number of aryl methyl sites for hydroxylation is 1. The number of rotatable bonds is 4. The van der Waals surface area contributed by atoms with E-state index in [1.54, 1.807) is 0 Å². The predicted molar refractivity (Wildman–Crippen MR) is 102 cm³/mol. The molecule has 0 saturated heterocycles. The van der Waals surface area contributed by atoms with Crippen LogP contribution in [0.1, 0.15) is 22.8 Å². The van der Waals surface area contributed by atoms with Crippen molar-refractivity contribution in [3.8, 4) is 5.75 Å². The minimum atomic E-state index is -0.166. The Kier molecular flexibility index (Phi) is 4.86. The highest BCUT2D eigenvalue weighted by Crippen LogP contribution is 2.30. The molecule has 0 radical (unpaired) electrons. The summed E-state index contributed by atoms with van der Waals surface area (Å²) in [4.78, 5) is 13.0. The summed E-state index contributed by atoms with van der Waals surface area (Å²) >= 11 is 3.44. The lowest BCUT2D eigenvalue weighted by atomic mass is 10.0. The molecule has 0 fully saturated rings. The van der Waals surface area contributed by atoms with Crippen LogP contribution < -0.4 is 10.1 Å². The molecule has 0 unspecified atom stereocenters. The molecule has 0 saturated carbocycles. The maximum atomic E-state index is 13.0. The van der Waals surface area contributed by atoms with Crippen LogP contribution in [0.15, 0.2) is 59.1 Å². The van der Waals surface area contributed by atoms with Gasteiger partial charge in [0.2, 0.25) is 0 Å². The van der Waals surface area contributed by atoms with Gasteiger partial charge in [0.25, 0.3) is 5.91 Å². The van der Waals surface area contributed by atoms with Gasteiger partial charge in [0, 0.05) is 10.2 Å². The maximum Gasteiger partial charge on any atom is 0.260 e. The molecule has 1 N–H and O–H groups in total. The van der Waals surface area contributed by atoms with Crippen molar-refractivity contribution in [3.63, 3.8) is 0 Å². The van der Waals surface area contributed by atoms with Crippen LogP contribution in [0.3, 0.4) is 0 Å². The van der Waals surface area contributed by atoms with Crippen molar-refractivity contribution in [1.29, 1.82) is 0 Å². The number of benzene rings is 3. The number of amides is 1. The van der Waals surface area contributed by atoms with Gasteiger partial charge in [0.15, 0.2) is 0 Å². The number of hydrogen-bond donors (Lipinski definition) is 1. The largest absolute Gasteiger partial charge is 0.493 e. The number of hydrogen-bond acceptors (Lipinski definition) is 2. The van der Waals surface area contributed by atoms with E-state index in [-0.39, 0.29) is 5.91 Å². The van der Waals surface area contributed by atoms with E-state index < -0.39 is 0 Å². The molecule has 0 heterocycles. The Morgan fingerprint density at radius 2 is 1.92 bits per heavy atom. The van der Waals surface area contributed by atoms with Crippen molar-refractivity contribution in [3.05, 3.63) is 70.2 Å². The summed E-state index contributed by atoms with van der Waals surface area (Å²) in [6.07, 6.45) is 0. The zero-order valence-electron chi connectivity index (χ0n) is 13.6. The first-order valence-corrected chi connectivity index (χ1v) is 8.61. The van der Waals surface area contributed by atoms with Crippen LogP contribution in [-0.4, -0.2) is 12.5 Å². The molecule has 0 spiro atoms. The second kappa shape index (κ2) is 7.05.